The summed E-state index contributed by atoms with van der Waals surface area (Å²) in [5.41, 5.74) is 0. The van der Waals surface area contributed by atoms with Crippen molar-refractivity contribution < 1.29 is 0 Å². The van der Waals surface area contributed by atoms with Gasteiger partial charge in [0.2, 0.25) is 0 Å². The fraction of sp³-hybridized carbons (Fsp3) is 0.556. The highest BCUT2D eigenvalue weighted by molar-refractivity contribution is 5.04. The van der Waals surface area contributed by atoms with Crippen molar-refractivity contribution in [3.05, 3.63) is 0 Å². The number of terminal acetylenes is 2. The van der Waals surface area contributed by atoms with E-state index in [-0.39, 0.29) is 0 Å². The summed E-state index contributed by atoms with van der Waals surface area (Å²) in [5, 5.41) is 0. The third kappa shape index (κ3) is 1.27. The quantitative estimate of drug-likeness (QED) is 0.424. The van der Waals surface area contributed by atoms with E-state index in [9.17, 15) is 0 Å². The second-order valence-corrected chi connectivity index (χ2v) is 2.54. The van der Waals surface area contributed by atoms with Crippen molar-refractivity contribution in [3.63, 3.8) is 0 Å². The van der Waals surface area contributed by atoms with Crippen LogP contribution in [0.2, 0.25) is 0 Å². The van der Waals surface area contributed by atoms with E-state index in [2.05, 4.69) is 11.8 Å². The summed E-state index contributed by atoms with van der Waals surface area (Å²) in [5.74, 6) is 6.39. The first-order valence-corrected chi connectivity index (χ1v) is 3.29. The molecule has 0 spiro atoms. The van der Waals surface area contributed by atoms with Crippen molar-refractivity contribution in [2.24, 2.45) is 11.8 Å². The number of hydrogen-bond donors (Lipinski definition) is 0. The maximum atomic E-state index is 5.23. The van der Waals surface area contributed by atoms with Gasteiger partial charge in [-0.3, -0.25) is 0 Å². The maximum absolute atomic E-state index is 5.23. The van der Waals surface area contributed by atoms with Gasteiger partial charge in [-0.05, 0) is 19.3 Å². The van der Waals surface area contributed by atoms with Crippen LogP contribution >= 0.6 is 0 Å². The molecular formula is C9H10. The van der Waals surface area contributed by atoms with Gasteiger partial charge in [0.1, 0.15) is 0 Å². The smallest absolute Gasteiger partial charge is 0.0212 e. The minimum Gasteiger partial charge on any atom is -0.120 e. The molecule has 0 nitrogen and oxygen atoms in total. The second kappa shape index (κ2) is 2.60. The Morgan fingerprint density at radius 1 is 1.00 bits per heavy atom. The largest absolute Gasteiger partial charge is 0.120 e. The average Bonchev–Trinajstić information content (AvgIpc) is 2.34. The fourth-order valence-electron chi connectivity index (χ4n) is 1.28. The van der Waals surface area contributed by atoms with Gasteiger partial charge in [-0.15, -0.1) is 24.7 Å². The van der Waals surface area contributed by atoms with Gasteiger partial charge in [-0.1, -0.05) is 0 Å². The molecule has 0 aromatic rings. The van der Waals surface area contributed by atoms with Crippen LogP contribution in [0.25, 0.3) is 0 Å². The second-order valence-electron chi connectivity index (χ2n) is 2.54. The van der Waals surface area contributed by atoms with Crippen LogP contribution in [0.4, 0.5) is 0 Å². The average molecular weight is 118 g/mol. The van der Waals surface area contributed by atoms with Gasteiger partial charge >= 0.3 is 0 Å². The van der Waals surface area contributed by atoms with E-state index in [1.54, 1.807) is 0 Å². The van der Waals surface area contributed by atoms with E-state index < -0.39 is 0 Å². The summed E-state index contributed by atoms with van der Waals surface area (Å²) in [6, 6.07) is 0. The van der Waals surface area contributed by atoms with Gasteiger partial charge in [0.15, 0.2) is 0 Å². The molecule has 0 heteroatoms. The Labute approximate surface area is 56.7 Å². The van der Waals surface area contributed by atoms with Crippen LogP contribution < -0.4 is 0 Å². The van der Waals surface area contributed by atoms with E-state index in [0.717, 1.165) is 19.3 Å². The molecule has 1 saturated carbocycles. The van der Waals surface area contributed by atoms with Crippen LogP contribution in [-0.4, -0.2) is 0 Å². The zero-order valence-electron chi connectivity index (χ0n) is 5.43. The zero-order valence-corrected chi connectivity index (χ0v) is 5.43. The molecule has 9 heavy (non-hydrogen) atoms. The van der Waals surface area contributed by atoms with Crippen molar-refractivity contribution >= 4 is 0 Å². The predicted molar refractivity (Wildman–Crippen MR) is 38.5 cm³/mol. The van der Waals surface area contributed by atoms with E-state index in [4.69, 9.17) is 12.8 Å². The Balaban J connectivity index is 2.42. The summed E-state index contributed by atoms with van der Waals surface area (Å²) < 4.78 is 0. The standard InChI is InChI=1S/C9H10/c1-3-8-5-6-9(4-2)7-8/h1-2,8-9H,5-7H2. The molecule has 1 rings (SSSR count). The molecule has 0 aromatic heterocycles. The summed E-state index contributed by atoms with van der Waals surface area (Å²) in [6.07, 6.45) is 13.8. The summed E-state index contributed by atoms with van der Waals surface area (Å²) in [7, 11) is 0. The van der Waals surface area contributed by atoms with Crippen molar-refractivity contribution in [1.82, 2.24) is 0 Å². The third-order valence-corrected chi connectivity index (χ3v) is 1.90. The highest BCUT2D eigenvalue weighted by atomic mass is 14.2. The van der Waals surface area contributed by atoms with Crippen molar-refractivity contribution in [3.8, 4) is 24.7 Å². The first-order chi connectivity index (χ1) is 4.36. The first kappa shape index (κ1) is 6.24. The highest BCUT2D eigenvalue weighted by Gasteiger charge is 2.20. The lowest BCUT2D eigenvalue weighted by Crippen LogP contribution is -1.89. The van der Waals surface area contributed by atoms with Gasteiger partial charge in [-0.25, -0.2) is 0 Å². The van der Waals surface area contributed by atoms with Gasteiger partial charge in [0.05, 0.1) is 0 Å². The molecule has 0 aliphatic heterocycles. The van der Waals surface area contributed by atoms with Crippen LogP contribution in [0, 0.1) is 36.5 Å². The highest BCUT2D eigenvalue weighted by Crippen LogP contribution is 2.29. The minimum absolute atomic E-state index is 0.464. The molecule has 0 radical (unpaired) electrons. The Kier molecular flexibility index (Phi) is 1.81. The number of hydrogen-bond acceptors (Lipinski definition) is 0. The normalized spacial score (nSPS) is 33.1. The van der Waals surface area contributed by atoms with E-state index in [0.29, 0.717) is 11.8 Å². The molecular weight excluding hydrogens is 108 g/mol. The molecule has 1 fully saturated rings. The molecule has 2 unspecified atom stereocenters. The molecule has 0 amide bonds. The molecule has 2 atom stereocenters. The van der Waals surface area contributed by atoms with Crippen LogP contribution in [0.15, 0.2) is 0 Å². The molecule has 0 aromatic carbocycles. The fourth-order valence-corrected chi connectivity index (χ4v) is 1.28. The summed E-state index contributed by atoms with van der Waals surface area (Å²) in [4.78, 5) is 0. The topological polar surface area (TPSA) is 0 Å². The molecule has 46 valence electrons. The monoisotopic (exact) mass is 118 g/mol. The van der Waals surface area contributed by atoms with Crippen molar-refractivity contribution in [2.45, 2.75) is 19.3 Å². The molecule has 0 bridgehead atoms. The van der Waals surface area contributed by atoms with Gasteiger partial charge in [-0.2, -0.15) is 0 Å². The molecule has 0 N–H and O–H groups in total. The van der Waals surface area contributed by atoms with E-state index >= 15 is 0 Å². The van der Waals surface area contributed by atoms with Crippen molar-refractivity contribution in [2.75, 3.05) is 0 Å². The number of rotatable bonds is 0. The zero-order chi connectivity index (χ0) is 6.69. The SMILES string of the molecule is C#CC1CCC(C#C)C1. The third-order valence-electron chi connectivity index (χ3n) is 1.90. The molecule has 1 aliphatic rings. The van der Waals surface area contributed by atoms with Crippen molar-refractivity contribution in [1.29, 1.82) is 0 Å². The van der Waals surface area contributed by atoms with Crippen LogP contribution in [-0.2, 0) is 0 Å². The lowest BCUT2D eigenvalue weighted by Gasteiger charge is -1.95. The molecule has 1 aliphatic carbocycles. The van der Waals surface area contributed by atoms with E-state index in [1.807, 2.05) is 0 Å². The maximum Gasteiger partial charge on any atom is 0.0212 e. The van der Waals surface area contributed by atoms with Gasteiger partial charge in [0.25, 0.3) is 0 Å². The van der Waals surface area contributed by atoms with Crippen LogP contribution in [0.5, 0.6) is 0 Å². The first-order valence-electron chi connectivity index (χ1n) is 3.29. The summed E-state index contributed by atoms with van der Waals surface area (Å²) >= 11 is 0. The lowest BCUT2D eigenvalue weighted by molar-refractivity contribution is 0.670. The van der Waals surface area contributed by atoms with Crippen LogP contribution in [0.1, 0.15) is 19.3 Å². The van der Waals surface area contributed by atoms with E-state index in [1.165, 1.54) is 0 Å². The Morgan fingerprint density at radius 3 is 1.67 bits per heavy atom. The van der Waals surface area contributed by atoms with Gasteiger partial charge < -0.3 is 0 Å². The molecule has 0 saturated heterocycles. The summed E-state index contributed by atoms with van der Waals surface area (Å²) in [6.45, 7) is 0. The predicted octanol–water partition coefficient (Wildman–Crippen LogP) is 1.67. The van der Waals surface area contributed by atoms with Crippen LogP contribution in [0.3, 0.4) is 0 Å². The lowest BCUT2D eigenvalue weighted by atomic mass is 10.1. The Hall–Kier alpha value is -0.880. The Bertz CT molecular complexity index is 145. The van der Waals surface area contributed by atoms with Gasteiger partial charge in [0, 0.05) is 11.8 Å². The molecule has 0 heterocycles. The Morgan fingerprint density at radius 2 is 1.44 bits per heavy atom. The minimum atomic E-state index is 0.464.